The van der Waals surface area contributed by atoms with Crippen molar-refractivity contribution in [3.63, 3.8) is 0 Å². The highest BCUT2D eigenvalue weighted by molar-refractivity contribution is 5.78. The Labute approximate surface area is 124 Å². The van der Waals surface area contributed by atoms with Crippen molar-refractivity contribution in [1.82, 2.24) is 30.0 Å². The van der Waals surface area contributed by atoms with Crippen LogP contribution in [0.5, 0.6) is 0 Å². The number of nitrogens with zero attached hydrogens (tertiary/aromatic N) is 5. The van der Waals surface area contributed by atoms with E-state index < -0.39 is 0 Å². The summed E-state index contributed by atoms with van der Waals surface area (Å²) in [6.07, 6.45) is 5.15. The van der Waals surface area contributed by atoms with E-state index in [-0.39, 0.29) is 11.9 Å². The molecule has 112 valence electrons. The van der Waals surface area contributed by atoms with Crippen LogP contribution in [0.4, 0.5) is 0 Å². The molecule has 0 aliphatic rings. The molecule has 1 atom stereocenters. The second-order valence-corrected chi connectivity index (χ2v) is 5.12. The van der Waals surface area contributed by atoms with Gasteiger partial charge in [0.15, 0.2) is 5.82 Å². The predicted molar refractivity (Wildman–Crippen MR) is 78.1 cm³/mol. The van der Waals surface area contributed by atoms with Gasteiger partial charge in [0.1, 0.15) is 6.33 Å². The highest BCUT2D eigenvalue weighted by atomic mass is 16.2. The molecule has 0 unspecified atom stereocenters. The molecule has 0 spiro atoms. The Morgan fingerprint density at radius 2 is 2.33 bits per heavy atom. The molecule has 0 radical (unpaired) electrons. The molecule has 2 heterocycles. The lowest BCUT2D eigenvalue weighted by Crippen LogP contribution is -2.36. The fraction of sp³-hybridized carbons (Fsp3) is 0.429. The summed E-state index contributed by atoms with van der Waals surface area (Å²) in [6, 6.07) is 3.71. The van der Waals surface area contributed by atoms with Crippen LogP contribution < -0.4 is 5.32 Å². The summed E-state index contributed by atoms with van der Waals surface area (Å²) < 4.78 is 1.80. The van der Waals surface area contributed by atoms with Crippen molar-refractivity contribution in [1.29, 1.82) is 0 Å². The van der Waals surface area contributed by atoms with E-state index in [1.165, 1.54) is 0 Å². The second kappa shape index (κ2) is 6.94. The molecular formula is C14H20N6O. The fourth-order valence-corrected chi connectivity index (χ4v) is 2.14. The number of rotatable bonds is 6. The molecule has 2 aromatic heterocycles. The Bertz CT molecular complexity index is 582. The number of hydrogen-bond donors (Lipinski definition) is 1. The van der Waals surface area contributed by atoms with E-state index in [4.69, 9.17) is 0 Å². The zero-order valence-corrected chi connectivity index (χ0v) is 12.5. The number of hydrogen-bond acceptors (Lipinski definition) is 5. The molecule has 0 aliphatic carbocycles. The van der Waals surface area contributed by atoms with Crippen molar-refractivity contribution in [3.8, 4) is 0 Å². The lowest BCUT2D eigenvalue weighted by molar-refractivity contribution is -0.122. The van der Waals surface area contributed by atoms with Gasteiger partial charge < -0.3 is 9.88 Å². The number of amides is 1. The van der Waals surface area contributed by atoms with Crippen LogP contribution in [0.1, 0.15) is 24.4 Å². The summed E-state index contributed by atoms with van der Waals surface area (Å²) >= 11 is 0. The van der Waals surface area contributed by atoms with Crippen LogP contribution in [0.25, 0.3) is 0 Å². The van der Waals surface area contributed by atoms with E-state index in [0.717, 1.165) is 11.4 Å². The van der Waals surface area contributed by atoms with E-state index in [0.29, 0.717) is 13.1 Å². The number of pyridine rings is 1. The molecule has 1 N–H and O–H groups in total. The SMILES string of the molecule is C[C@H](NC(=O)CN(C)Cc1cccnc1)c1nncn1C. The number of nitrogens with one attached hydrogen (secondary N) is 1. The normalized spacial score (nSPS) is 12.4. The first-order valence-electron chi connectivity index (χ1n) is 6.77. The third-order valence-corrected chi connectivity index (χ3v) is 3.10. The lowest BCUT2D eigenvalue weighted by Gasteiger charge is -2.18. The average molecular weight is 288 g/mol. The van der Waals surface area contributed by atoms with Gasteiger partial charge in [0.2, 0.25) is 5.91 Å². The van der Waals surface area contributed by atoms with Gasteiger partial charge in [-0.3, -0.25) is 14.7 Å². The molecule has 0 saturated carbocycles. The maximum atomic E-state index is 12.0. The summed E-state index contributed by atoms with van der Waals surface area (Å²) in [5.74, 6) is 0.690. The molecule has 2 aromatic rings. The van der Waals surface area contributed by atoms with Gasteiger partial charge in [-0.15, -0.1) is 10.2 Å². The van der Waals surface area contributed by atoms with Crippen molar-refractivity contribution in [2.24, 2.45) is 7.05 Å². The van der Waals surface area contributed by atoms with Crippen LogP contribution >= 0.6 is 0 Å². The standard InChI is InChI=1S/C14H20N6O/c1-11(14-18-16-10-20(14)3)17-13(21)9-19(2)8-12-5-4-6-15-7-12/h4-7,10-11H,8-9H2,1-3H3,(H,17,21)/t11-/m0/s1. The minimum atomic E-state index is -0.170. The summed E-state index contributed by atoms with van der Waals surface area (Å²) in [7, 11) is 3.76. The molecule has 0 aliphatic heterocycles. The van der Waals surface area contributed by atoms with E-state index >= 15 is 0 Å². The van der Waals surface area contributed by atoms with Gasteiger partial charge in [0.05, 0.1) is 12.6 Å². The van der Waals surface area contributed by atoms with Gasteiger partial charge in [-0.25, -0.2) is 0 Å². The first kappa shape index (κ1) is 15.1. The van der Waals surface area contributed by atoms with Crippen LogP contribution in [0.3, 0.4) is 0 Å². The number of likely N-dealkylation sites (N-methyl/N-ethyl adjacent to an activating group) is 1. The molecule has 0 bridgehead atoms. The van der Waals surface area contributed by atoms with Crippen LogP contribution in [0.15, 0.2) is 30.9 Å². The average Bonchev–Trinajstić information content (AvgIpc) is 2.85. The maximum Gasteiger partial charge on any atom is 0.234 e. The second-order valence-electron chi connectivity index (χ2n) is 5.12. The summed E-state index contributed by atoms with van der Waals surface area (Å²) in [4.78, 5) is 18.0. The van der Waals surface area contributed by atoms with Crippen LogP contribution in [0.2, 0.25) is 0 Å². The van der Waals surface area contributed by atoms with Gasteiger partial charge in [0.25, 0.3) is 0 Å². The number of aryl methyl sites for hydroxylation is 1. The molecule has 0 fully saturated rings. The highest BCUT2D eigenvalue weighted by Crippen LogP contribution is 2.07. The number of carbonyl (C=O) groups is 1. The van der Waals surface area contributed by atoms with Crippen molar-refractivity contribution in [2.45, 2.75) is 19.5 Å². The fourth-order valence-electron chi connectivity index (χ4n) is 2.14. The van der Waals surface area contributed by atoms with Gasteiger partial charge in [-0.2, -0.15) is 0 Å². The minimum absolute atomic E-state index is 0.0445. The summed E-state index contributed by atoms with van der Waals surface area (Å²) in [5.41, 5.74) is 1.08. The monoisotopic (exact) mass is 288 g/mol. The van der Waals surface area contributed by atoms with Gasteiger partial charge in [0, 0.05) is 26.0 Å². The number of carbonyl (C=O) groups excluding carboxylic acids is 1. The molecule has 7 nitrogen and oxygen atoms in total. The van der Waals surface area contributed by atoms with Crippen molar-refractivity contribution in [3.05, 3.63) is 42.2 Å². The Balaban J connectivity index is 1.83. The predicted octanol–water partition coefficient (Wildman–Crippen LogP) is 0.519. The van der Waals surface area contributed by atoms with E-state index in [1.807, 2.05) is 38.1 Å². The Morgan fingerprint density at radius 1 is 1.52 bits per heavy atom. The van der Waals surface area contributed by atoms with Crippen molar-refractivity contribution in [2.75, 3.05) is 13.6 Å². The third kappa shape index (κ3) is 4.35. The van der Waals surface area contributed by atoms with E-state index in [2.05, 4.69) is 20.5 Å². The Morgan fingerprint density at radius 3 is 2.95 bits per heavy atom. The molecular weight excluding hydrogens is 268 g/mol. The minimum Gasteiger partial charge on any atom is -0.345 e. The van der Waals surface area contributed by atoms with Crippen molar-refractivity contribution >= 4 is 5.91 Å². The van der Waals surface area contributed by atoms with Crippen LogP contribution in [-0.4, -0.2) is 44.1 Å². The van der Waals surface area contributed by atoms with Gasteiger partial charge >= 0.3 is 0 Å². The highest BCUT2D eigenvalue weighted by Gasteiger charge is 2.15. The Hall–Kier alpha value is -2.28. The number of aromatic nitrogens is 4. The Kier molecular flexibility index (Phi) is 4.99. The van der Waals surface area contributed by atoms with Crippen LogP contribution in [0, 0.1) is 0 Å². The van der Waals surface area contributed by atoms with E-state index in [1.54, 1.807) is 23.3 Å². The first-order valence-corrected chi connectivity index (χ1v) is 6.77. The molecule has 21 heavy (non-hydrogen) atoms. The third-order valence-electron chi connectivity index (χ3n) is 3.10. The molecule has 1 amide bonds. The van der Waals surface area contributed by atoms with Gasteiger partial charge in [-0.05, 0) is 25.6 Å². The molecule has 0 aromatic carbocycles. The largest absolute Gasteiger partial charge is 0.345 e. The zero-order valence-electron chi connectivity index (χ0n) is 12.5. The van der Waals surface area contributed by atoms with Gasteiger partial charge in [-0.1, -0.05) is 6.07 Å². The molecule has 2 rings (SSSR count). The first-order chi connectivity index (χ1) is 10.1. The van der Waals surface area contributed by atoms with Crippen LogP contribution in [-0.2, 0) is 18.4 Å². The summed E-state index contributed by atoms with van der Waals surface area (Å²) in [6.45, 7) is 2.89. The summed E-state index contributed by atoms with van der Waals surface area (Å²) in [5, 5.41) is 10.7. The lowest BCUT2D eigenvalue weighted by atomic mass is 10.2. The van der Waals surface area contributed by atoms with Crippen molar-refractivity contribution < 1.29 is 4.79 Å². The quantitative estimate of drug-likeness (QED) is 0.838. The molecule has 0 saturated heterocycles. The topological polar surface area (TPSA) is 75.9 Å². The maximum absolute atomic E-state index is 12.0. The zero-order chi connectivity index (χ0) is 15.2. The smallest absolute Gasteiger partial charge is 0.234 e. The molecule has 7 heteroatoms. The van der Waals surface area contributed by atoms with E-state index in [9.17, 15) is 4.79 Å².